The summed E-state index contributed by atoms with van der Waals surface area (Å²) in [7, 11) is 5.50. The molecule has 0 saturated carbocycles. The Labute approximate surface area is 169 Å². The van der Waals surface area contributed by atoms with Crippen molar-refractivity contribution in [3.05, 3.63) is 71.4 Å². The number of nitrogens with one attached hydrogen (secondary N) is 2. The Morgan fingerprint density at radius 3 is 2.39 bits per heavy atom. The Morgan fingerprint density at radius 1 is 1.04 bits per heavy atom. The molecular weight excluding hydrogens is 376 g/mol. The molecule has 0 atom stereocenters. The summed E-state index contributed by atoms with van der Waals surface area (Å²) in [5.74, 6) is 0.918. The van der Waals surface area contributed by atoms with Crippen molar-refractivity contribution in [2.75, 3.05) is 36.7 Å². The van der Waals surface area contributed by atoms with E-state index < -0.39 is 0 Å². The molecule has 144 valence electrons. The summed E-state index contributed by atoms with van der Waals surface area (Å²) in [6.45, 7) is 0. The fraction of sp³-hybridized carbons (Fsp3) is 0.143. The largest absolute Gasteiger partial charge is 0.495 e. The maximum Gasteiger partial charge on any atom is 0.255 e. The molecule has 1 aromatic heterocycles. The molecular formula is C21H21ClN4O2. The van der Waals surface area contributed by atoms with E-state index in [-0.39, 0.29) is 5.91 Å². The molecule has 28 heavy (non-hydrogen) atoms. The molecule has 2 N–H and O–H groups in total. The number of amides is 1. The minimum atomic E-state index is -0.212. The molecule has 6 nitrogen and oxygen atoms in total. The van der Waals surface area contributed by atoms with Crippen LogP contribution in [0.5, 0.6) is 5.75 Å². The summed E-state index contributed by atoms with van der Waals surface area (Å²) in [4.78, 5) is 18.8. The van der Waals surface area contributed by atoms with E-state index in [1.807, 2.05) is 49.3 Å². The van der Waals surface area contributed by atoms with Gasteiger partial charge >= 0.3 is 0 Å². The van der Waals surface area contributed by atoms with Gasteiger partial charge in [0, 0.05) is 42.9 Å². The summed E-state index contributed by atoms with van der Waals surface area (Å²) in [5.41, 5.74) is 3.03. The molecule has 0 aliphatic carbocycles. The lowest BCUT2D eigenvalue weighted by Gasteiger charge is -2.13. The molecule has 7 heteroatoms. The van der Waals surface area contributed by atoms with E-state index in [1.54, 1.807) is 37.6 Å². The predicted octanol–water partition coefficient (Wildman–Crippen LogP) is 4.81. The molecule has 0 aliphatic heterocycles. The topological polar surface area (TPSA) is 66.5 Å². The van der Waals surface area contributed by atoms with Crippen LogP contribution < -0.4 is 20.3 Å². The number of halogens is 1. The van der Waals surface area contributed by atoms with Crippen LogP contribution in [0.2, 0.25) is 5.02 Å². The Kier molecular flexibility index (Phi) is 6.01. The van der Waals surface area contributed by atoms with Gasteiger partial charge in [-0.25, -0.2) is 4.98 Å². The summed E-state index contributed by atoms with van der Waals surface area (Å²) in [6, 6.07) is 16.3. The molecule has 2 aromatic carbocycles. The second-order valence-corrected chi connectivity index (χ2v) is 6.71. The maximum atomic E-state index is 12.6. The number of hydrogen-bond donors (Lipinski definition) is 2. The van der Waals surface area contributed by atoms with Gasteiger partial charge in [-0.1, -0.05) is 11.6 Å². The minimum absolute atomic E-state index is 0.212. The molecule has 0 saturated heterocycles. The van der Waals surface area contributed by atoms with Crippen LogP contribution in [-0.4, -0.2) is 32.1 Å². The predicted molar refractivity (Wildman–Crippen MR) is 114 cm³/mol. The van der Waals surface area contributed by atoms with E-state index in [2.05, 4.69) is 15.6 Å². The van der Waals surface area contributed by atoms with Crippen LogP contribution in [0.25, 0.3) is 0 Å². The number of carbonyl (C=O) groups excluding carboxylic acids is 1. The van der Waals surface area contributed by atoms with Crippen LogP contribution in [0.4, 0.5) is 22.9 Å². The summed E-state index contributed by atoms with van der Waals surface area (Å²) < 4.78 is 5.15. The minimum Gasteiger partial charge on any atom is -0.495 e. The number of carbonyl (C=O) groups is 1. The number of aromatic nitrogens is 1. The van der Waals surface area contributed by atoms with Crippen molar-refractivity contribution in [1.82, 2.24) is 4.98 Å². The Bertz CT molecular complexity index is 974. The molecule has 3 rings (SSSR count). The van der Waals surface area contributed by atoms with E-state index in [4.69, 9.17) is 16.3 Å². The van der Waals surface area contributed by atoms with Crippen LogP contribution >= 0.6 is 11.6 Å². The SMILES string of the molecule is COc1ccc(Nc2cc(C(=O)Nc3ccc(N(C)C)cc3)ccn2)cc1Cl. The smallest absolute Gasteiger partial charge is 0.255 e. The molecule has 0 aliphatic rings. The fourth-order valence-corrected chi connectivity index (χ4v) is 2.84. The maximum absolute atomic E-state index is 12.6. The summed E-state index contributed by atoms with van der Waals surface area (Å²) in [6.07, 6.45) is 1.58. The normalized spacial score (nSPS) is 10.3. The third-order valence-electron chi connectivity index (χ3n) is 4.09. The van der Waals surface area contributed by atoms with Crippen molar-refractivity contribution in [2.45, 2.75) is 0 Å². The van der Waals surface area contributed by atoms with Gasteiger partial charge in [0.15, 0.2) is 0 Å². The lowest BCUT2D eigenvalue weighted by Crippen LogP contribution is -2.13. The first-order valence-electron chi connectivity index (χ1n) is 8.61. The van der Waals surface area contributed by atoms with Crippen molar-refractivity contribution in [2.24, 2.45) is 0 Å². The first-order valence-corrected chi connectivity index (χ1v) is 8.99. The Balaban J connectivity index is 1.71. The van der Waals surface area contributed by atoms with Crippen LogP contribution in [0.15, 0.2) is 60.8 Å². The summed E-state index contributed by atoms with van der Waals surface area (Å²) >= 11 is 6.15. The molecule has 0 unspecified atom stereocenters. The van der Waals surface area contributed by atoms with Crippen molar-refractivity contribution in [3.8, 4) is 5.75 Å². The van der Waals surface area contributed by atoms with E-state index in [0.29, 0.717) is 22.2 Å². The number of ether oxygens (including phenoxy) is 1. The standard InChI is InChI=1S/C21H21ClN4O2/c1-26(2)17-7-4-15(5-8-17)25-21(27)14-10-11-23-20(12-14)24-16-6-9-19(28-3)18(22)13-16/h4-13H,1-3H3,(H,23,24)(H,25,27). The van der Waals surface area contributed by atoms with Gasteiger partial charge in [0.1, 0.15) is 11.6 Å². The molecule has 0 bridgehead atoms. The van der Waals surface area contributed by atoms with E-state index in [0.717, 1.165) is 17.1 Å². The number of rotatable bonds is 6. The van der Waals surface area contributed by atoms with Gasteiger partial charge in [-0.15, -0.1) is 0 Å². The lowest BCUT2D eigenvalue weighted by molar-refractivity contribution is 0.102. The monoisotopic (exact) mass is 396 g/mol. The van der Waals surface area contributed by atoms with Crippen LogP contribution in [-0.2, 0) is 0 Å². The van der Waals surface area contributed by atoms with E-state index in [9.17, 15) is 4.79 Å². The van der Waals surface area contributed by atoms with Gasteiger partial charge in [0.2, 0.25) is 0 Å². The zero-order valence-corrected chi connectivity index (χ0v) is 16.6. The van der Waals surface area contributed by atoms with Crippen LogP contribution in [0.1, 0.15) is 10.4 Å². The van der Waals surface area contributed by atoms with Gasteiger partial charge < -0.3 is 20.3 Å². The molecule has 0 fully saturated rings. The van der Waals surface area contributed by atoms with Gasteiger partial charge in [-0.2, -0.15) is 0 Å². The first kappa shape index (κ1) is 19.5. The van der Waals surface area contributed by atoms with Gasteiger partial charge in [-0.3, -0.25) is 4.79 Å². The number of methoxy groups -OCH3 is 1. The third kappa shape index (κ3) is 4.72. The number of anilines is 4. The van der Waals surface area contributed by atoms with Gasteiger partial charge in [-0.05, 0) is 54.6 Å². The number of hydrogen-bond acceptors (Lipinski definition) is 5. The highest BCUT2D eigenvalue weighted by Gasteiger charge is 2.09. The van der Waals surface area contributed by atoms with Crippen LogP contribution in [0, 0.1) is 0 Å². The molecule has 1 amide bonds. The second kappa shape index (κ2) is 8.63. The first-order chi connectivity index (χ1) is 13.5. The number of benzene rings is 2. The highest BCUT2D eigenvalue weighted by molar-refractivity contribution is 6.32. The van der Waals surface area contributed by atoms with Crippen molar-refractivity contribution < 1.29 is 9.53 Å². The zero-order valence-electron chi connectivity index (χ0n) is 15.9. The third-order valence-corrected chi connectivity index (χ3v) is 4.38. The highest BCUT2D eigenvalue weighted by Crippen LogP contribution is 2.28. The molecule has 1 heterocycles. The summed E-state index contributed by atoms with van der Waals surface area (Å²) in [5, 5.41) is 6.52. The second-order valence-electron chi connectivity index (χ2n) is 6.30. The number of pyridine rings is 1. The van der Waals surface area contributed by atoms with Gasteiger partial charge in [0.05, 0.1) is 12.1 Å². The average Bonchev–Trinajstić information content (AvgIpc) is 2.69. The van der Waals surface area contributed by atoms with Gasteiger partial charge in [0.25, 0.3) is 5.91 Å². The molecule has 0 spiro atoms. The van der Waals surface area contributed by atoms with E-state index >= 15 is 0 Å². The fourth-order valence-electron chi connectivity index (χ4n) is 2.58. The van der Waals surface area contributed by atoms with E-state index in [1.165, 1.54) is 0 Å². The highest BCUT2D eigenvalue weighted by atomic mass is 35.5. The quantitative estimate of drug-likeness (QED) is 0.626. The number of nitrogens with zero attached hydrogens (tertiary/aromatic N) is 2. The lowest BCUT2D eigenvalue weighted by atomic mass is 10.2. The Hall–Kier alpha value is -3.25. The van der Waals surface area contributed by atoms with Crippen molar-refractivity contribution in [3.63, 3.8) is 0 Å². The molecule has 3 aromatic rings. The van der Waals surface area contributed by atoms with Crippen LogP contribution in [0.3, 0.4) is 0 Å². The average molecular weight is 397 g/mol. The Morgan fingerprint density at radius 2 is 1.75 bits per heavy atom. The van der Waals surface area contributed by atoms with Crippen molar-refractivity contribution >= 4 is 40.4 Å². The zero-order chi connectivity index (χ0) is 20.1. The van der Waals surface area contributed by atoms with Crippen molar-refractivity contribution in [1.29, 1.82) is 0 Å². The molecule has 0 radical (unpaired) electrons.